The predicted molar refractivity (Wildman–Crippen MR) is 158 cm³/mol. The average molecular weight is 538 g/mol. The topological polar surface area (TPSA) is 43.9 Å². The van der Waals surface area contributed by atoms with Gasteiger partial charge in [-0.25, -0.2) is 0 Å². The van der Waals surface area contributed by atoms with Crippen molar-refractivity contribution >= 4 is 33.9 Å². The number of hydrogen-bond donors (Lipinski definition) is 0. The van der Waals surface area contributed by atoms with Crippen LogP contribution >= 0.6 is 11.3 Å². The lowest BCUT2D eigenvalue weighted by Gasteiger charge is -2.41. The van der Waals surface area contributed by atoms with E-state index in [1.54, 1.807) is 0 Å². The molecular weight excluding hydrogens is 502 g/mol. The molecule has 2 atom stereocenters. The fourth-order valence-electron chi connectivity index (χ4n) is 6.12. The molecule has 1 saturated heterocycles. The third-order valence-corrected chi connectivity index (χ3v) is 9.31. The van der Waals surface area contributed by atoms with Crippen LogP contribution in [-0.2, 0) is 11.2 Å². The normalized spacial score (nSPS) is 19.7. The quantitative estimate of drug-likeness (QED) is 0.317. The number of carbonyl (C=O) groups excluding carboxylic acids is 2. The van der Waals surface area contributed by atoms with Crippen molar-refractivity contribution in [3.05, 3.63) is 105 Å². The summed E-state index contributed by atoms with van der Waals surface area (Å²) >= 11 is 1.84. The molecule has 1 aromatic heterocycles. The number of hydrogen-bond acceptors (Lipinski definition) is 4. The highest BCUT2D eigenvalue weighted by atomic mass is 32.1. The second-order valence-corrected chi connectivity index (χ2v) is 11.9. The molecule has 4 aromatic rings. The van der Waals surface area contributed by atoms with Crippen LogP contribution in [0.15, 0.2) is 78.2 Å². The van der Waals surface area contributed by atoms with E-state index in [0.29, 0.717) is 31.6 Å². The molecule has 0 unspecified atom stereocenters. The van der Waals surface area contributed by atoms with Crippen LogP contribution in [0.4, 0.5) is 0 Å². The molecule has 39 heavy (non-hydrogen) atoms. The van der Waals surface area contributed by atoms with Crippen molar-refractivity contribution in [1.82, 2.24) is 14.7 Å². The van der Waals surface area contributed by atoms with E-state index in [-0.39, 0.29) is 23.9 Å². The Kier molecular flexibility index (Phi) is 7.24. The molecule has 2 amide bonds. The molecule has 6 heteroatoms. The van der Waals surface area contributed by atoms with Gasteiger partial charge in [0.25, 0.3) is 5.91 Å². The third-order valence-electron chi connectivity index (χ3n) is 8.31. The van der Waals surface area contributed by atoms with E-state index in [1.165, 1.54) is 21.6 Å². The third kappa shape index (κ3) is 5.23. The van der Waals surface area contributed by atoms with Gasteiger partial charge in [-0.1, -0.05) is 60.2 Å². The van der Waals surface area contributed by atoms with Gasteiger partial charge in [-0.15, -0.1) is 11.3 Å². The summed E-state index contributed by atoms with van der Waals surface area (Å²) in [6.45, 7) is 7.59. The number of thiophene rings is 1. The van der Waals surface area contributed by atoms with Crippen molar-refractivity contribution < 1.29 is 9.59 Å². The second kappa shape index (κ2) is 10.9. The van der Waals surface area contributed by atoms with Crippen molar-refractivity contribution in [1.29, 1.82) is 0 Å². The lowest BCUT2D eigenvalue weighted by Crippen LogP contribution is -2.55. The Labute approximate surface area is 234 Å². The van der Waals surface area contributed by atoms with Gasteiger partial charge in [-0.2, -0.15) is 0 Å². The number of carbonyl (C=O) groups is 2. The molecule has 0 bridgehead atoms. The van der Waals surface area contributed by atoms with Crippen LogP contribution in [0.5, 0.6) is 0 Å². The highest BCUT2D eigenvalue weighted by molar-refractivity contribution is 7.10. The Balaban J connectivity index is 1.09. The summed E-state index contributed by atoms with van der Waals surface area (Å²) in [6, 6.07) is 25.3. The van der Waals surface area contributed by atoms with E-state index in [4.69, 9.17) is 0 Å². The molecule has 0 saturated carbocycles. The zero-order chi connectivity index (χ0) is 26.9. The lowest BCUT2D eigenvalue weighted by molar-refractivity contribution is -0.134. The first kappa shape index (κ1) is 25.8. The number of nitrogens with zero attached hydrogens (tertiary/aromatic N) is 3. The van der Waals surface area contributed by atoms with E-state index >= 15 is 0 Å². The number of rotatable bonds is 5. The van der Waals surface area contributed by atoms with E-state index < -0.39 is 0 Å². The Bertz CT molecular complexity index is 1490. The number of fused-ring (bicyclic) bond motifs is 2. The maximum absolute atomic E-state index is 13.4. The number of aryl methyl sites for hydroxylation is 1. The fraction of sp³-hybridized carbons (Fsp3) is 0.333. The summed E-state index contributed by atoms with van der Waals surface area (Å²) < 4.78 is 0. The van der Waals surface area contributed by atoms with Crippen molar-refractivity contribution in [3.63, 3.8) is 0 Å². The highest BCUT2D eigenvalue weighted by Gasteiger charge is 2.33. The number of piperazine rings is 1. The first-order chi connectivity index (χ1) is 19.0. The van der Waals surface area contributed by atoms with Crippen LogP contribution < -0.4 is 0 Å². The Morgan fingerprint density at radius 1 is 0.923 bits per heavy atom. The fourth-order valence-corrected chi connectivity index (χ4v) is 7.02. The maximum Gasteiger partial charge on any atom is 0.254 e. The minimum atomic E-state index is -0.0228. The van der Waals surface area contributed by atoms with E-state index in [2.05, 4.69) is 60.5 Å². The molecule has 0 radical (unpaired) electrons. The molecule has 0 spiro atoms. The van der Waals surface area contributed by atoms with Gasteiger partial charge in [0.2, 0.25) is 5.91 Å². The molecule has 5 nitrogen and oxygen atoms in total. The van der Waals surface area contributed by atoms with Gasteiger partial charge in [0.15, 0.2) is 0 Å². The van der Waals surface area contributed by atoms with Gasteiger partial charge in [0.1, 0.15) is 0 Å². The van der Waals surface area contributed by atoms with Crippen molar-refractivity contribution in [3.8, 4) is 0 Å². The van der Waals surface area contributed by atoms with Crippen LogP contribution in [0, 0.1) is 6.92 Å². The molecule has 0 N–H and O–H groups in total. The Hall–Kier alpha value is -3.48. The first-order valence-electron chi connectivity index (χ1n) is 13.9. The van der Waals surface area contributed by atoms with Crippen LogP contribution in [-0.4, -0.2) is 65.3 Å². The highest BCUT2D eigenvalue weighted by Crippen LogP contribution is 2.38. The summed E-state index contributed by atoms with van der Waals surface area (Å²) in [7, 11) is 0. The molecule has 0 aliphatic carbocycles. The second-order valence-electron chi connectivity index (χ2n) is 10.9. The van der Waals surface area contributed by atoms with Crippen molar-refractivity contribution in [2.45, 2.75) is 38.8 Å². The monoisotopic (exact) mass is 537 g/mol. The van der Waals surface area contributed by atoms with E-state index in [1.807, 2.05) is 57.5 Å². The molecule has 6 rings (SSSR count). The van der Waals surface area contributed by atoms with Gasteiger partial charge in [-0.3, -0.25) is 14.5 Å². The van der Waals surface area contributed by atoms with E-state index in [9.17, 15) is 9.59 Å². The minimum Gasteiger partial charge on any atom is -0.339 e. The SMILES string of the molecule is Cc1ccc([C@@H]2c3ccsc3CCN2CCC(=O)N2CCN(C(=O)c3ccc4ccccc4c3)[C@H](C)C2)cc1. The van der Waals surface area contributed by atoms with Gasteiger partial charge in [0, 0.05) is 55.6 Å². The Morgan fingerprint density at radius 2 is 1.72 bits per heavy atom. The predicted octanol–water partition coefficient (Wildman–Crippen LogP) is 5.92. The van der Waals surface area contributed by atoms with Crippen LogP contribution in [0.2, 0.25) is 0 Å². The lowest BCUT2D eigenvalue weighted by atomic mass is 9.92. The van der Waals surface area contributed by atoms with Gasteiger partial charge in [-0.05, 0) is 65.7 Å². The summed E-state index contributed by atoms with van der Waals surface area (Å²) in [4.78, 5) is 34.5. The standard InChI is InChI=1S/C33H35N3O2S/c1-23-7-9-26(10-8-23)32-29-15-20-39-30(29)13-16-34(32)17-14-31(37)35-18-19-36(24(2)22-35)33(38)28-12-11-25-5-3-4-6-27(25)21-28/h3-12,15,20-21,24,32H,13-14,16-19,22H2,1-2H3/t24-,32-/m1/s1. The molecule has 2 aliphatic heterocycles. The van der Waals surface area contributed by atoms with Gasteiger partial charge >= 0.3 is 0 Å². The zero-order valence-corrected chi connectivity index (χ0v) is 23.5. The van der Waals surface area contributed by atoms with Crippen LogP contribution in [0.25, 0.3) is 10.8 Å². The number of amides is 2. The average Bonchev–Trinajstić information content (AvgIpc) is 3.44. The maximum atomic E-state index is 13.4. The molecule has 1 fully saturated rings. The summed E-state index contributed by atoms with van der Waals surface area (Å²) in [5.41, 5.74) is 4.65. The van der Waals surface area contributed by atoms with E-state index in [0.717, 1.165) is 30.3 Å². The Morgan fingerprint density at radius 3 is 2.51 bits per heavy atom. The minimum absolute atomic E-state index is 0.0228. The molecule has 3 aromatic carbocycles. The molecule has 2 aliphatic rings. The smallest absolute Gasteiger partial charge is 0.254 e. The van der Waals surface area contributed by atoms with Gasteiger partial charge in [0.05, 0.1) is 6.04 Å². The van der Waals surface area contributed by atoms with Gasteiger partial charge < -0.3 is 9.80 Å². The molecular formula is C33H35N3O2S. The summed E-state index contributed by atoms with van der Waals surface area (Å²) in [5, 5.41) is 4.40. The van der Waals surface area contributed by atoms with Crippen LogP contribution in [0.3, 0.4) is 0 Å². The summed E-state index contributed by atoms with van der Waals surface area (Å²) in [6.07, 6.45) is 1.53. The van der Waals surface area contributed by atoms with Crippen molar-refractivity contribution in [2.75, 3.05) is 32.7 Å². The molecule has 3 heterocycles. The van der Waals surface area contributed by atoms with Crippen molar-refractivity contribution in [2.24, 2.45) is 0 Å². The largest absolute Gasteiger partial charge is 0.339 e. The zero-order valence-electron chi connectivity index (χ0n) is 22.7. The van der Waals surface area contributed by atoms with Crippen LogP contribution in [0.1, 0.15) is 51.3 Å². The summed E-state index contributed by atoms with van der Waals surface area (Å²) in [5.74, 6) is 0.222. The first-order valence-corrected chi connectivity index (χ1v) is 14.8. The molecule has 200 valence electrons. The number of benzene rings is 3.